The smallest absolute Gasteiger partial charge is 0.323 e. The Morgan fingerprint density at radius 3 is 2.46 bits per heavy atom. The molecule has 176 valence electrons. The number of amides is 4. The van der Waals surface area contributed by atoms with Crippen LogP contribution in [0.5, 0.6) is 0 Å². The van der Waals surface area contributed by atoms with Crippen LogP contribution in [0, 0.1) is 0 Å². The third-order valence-electron chi connectivity index (χ3n) is 5.13. The van der Waals surface area contributed by atoms with Gasteiger partial charge in [-0.15, -0.1) is 16.4 Å². The number of thiazole rings is 1. The molecule has 0 radical (unpaired) electrons. The number of para-hydroxylation sites is 1. The van der Waals surface area contributed by atoms with Crippen LogP contribution in [0.2, 0.25) is 0 Å². The Morgan fingerprint density at radius 2 is 1.74 bits per heavy atom. The van der Waals surface area contributed by atoms with Crippen LogP contribution in [-0.2, 0) is 11.2 Å². The molecule has 4 amide bonds. The molecule has 0 aliphatic carbocycles. The van der Waals surface area contributed by atoms with Gasteiger partial charge >= 0.3 is 11.9 Å². The predicted molar refractivity (Wildman–Crippen MR) is 129 cm³/mol. The Balaban J connectivity index is 1.26. The van der Waals surface area contributed by atoms with Gasteiger partial charge in [-0.1, -0.05) is 48.5 Å². The molecule has 35 heavy (non-hydrogen) atoms. The van der Waals surface area contributed by atoms with E-state index in [1.54, 1.807) is 10.1 Å². The molecule has 1 aliphatic rings. The minimum Gasteiger partial charge on any atom is -0.336 e. The van der Waals surface area contributed by atoms with Crippen molar-refractivity contribution in [1.29, 1.82) is 0 Å². The molecule has 1 saturated heterocycles. The molecule has 3 heterocycles. The van der Waals surface area contributed by atoms with Crippen LogP contribution in [0.15, 0.2) is 66.0 Å². The van der Waals surface area contributed by atoms with E-state index in [1.165, 1.54) is 16.2 Å². The molecule has 11 nitrogen and oxygen atoms in total. The second-order valence-corrected chi connectivity index (χ2v) is 8.39. The molecule has 0 saturated carbocycles. The van der Waals surface area contributed by atoms with Crippen LogP contribution in [-0.4, -0.2) is 50.7 Å². The molecule has 0 unspecified atom stereocenters. The van der Waals surface area contributed by atoms with Crippen LogP contribution in [0.4, 0.5) is 9.93 Å². The summed E-state index contributed by atoms with van der Waals surface area (Å²) in [6.45, 7) is 1.09. The number of hydrazine groups is 1. The van der Waals surface area contributed by atoms with Gasteiger partial charge < -0.3 is 5.32 Å². The predicted octanol–water partition coefficient (Wildman–Crippen LogP) is 1.92. The summed E-state index contributed by atoms with van der Waals surface area (Å²) >= 11 is 1.28. The molecule has 1 fully saturated rings. The number of hydrogen-bond acceptors (Lipinski definition) is 7. The Bertz CT molecular complexity index is 1310. The average Bonchev–Trinajstić information content (AvgIpc) is 3.63. The van der Waals surface area contributed by atoms with Crippen molar-refractivity contribution in [2.75, 3.05) is 18.0 Å². The molecular weight excluding hydrogens is 468 g/mol. The van der Waals surface area contributed by atoms with Gasteiger partial charge in [0, 0.05) is 24.0 Å². The van der Waals surface area contributed by atoms with E-state index in [9.17, 15) is 14.4 Å². The molecule has 3 N–H and O–H groups in total. The first kappa shape index (κ1) is 22.2. The van der Waals surface area contributed by atoms with E-state index in [-0.39, 0.29) is 18.3 Å². The number of anilines is 1. The molecule has 0 bridgehead atoms. The summed E-state index contributed by atoms with van der Waals surface area (Å²) in [5.41, 5.74) is 6.75. The van der Waals surface area contributed by atoms with Gasteiger partial charge in [-0.25, -0.2) is 19.4 Å². The largest absolute Gasteiger partial charge is 0.336 e. The second kappa shape index (κ2) is 9.73. The minimum absolute atomic E-state index is 0.0621. The van der Waals surface area contributed by atoms with E-state index in [0.29, 0.717) is 29.7 Å². The first-order valence-electron chi connectivity index (χ1n) is 10.8. The third kappa shape index (κ3) is 4.87. The number of hydrogen-bond donors (Lipinski definition) is 3. The van der Waals surface area contributed by atoms with Crippen molar-refractivity contribution < 1.29 is 14.4 Å². The molecule has 2 aromatic heterocycles. The number of aromatic nitrogens is 4. The van der Waals surface area contributed by atoms with E-state index in [2.05, 4.69) is 31.2 Å². The topological polar surface area (TPSA) is 134 Å². The molecule has 4 aromatic rings. The van der Waals surface area contributed by atoms with E-state index < -0.39 is 11.8 Å². The van der Waals surface area contributed by atoms with Crippen molar-refractivity contribution in [2.24, 2.45) is 0 Å². The molecule has 1 aliphatic heterocycles. The monoisotopic (exact) mass is 488 g/mol. The molecule has 0 spiro atoms. The highest BCUT2D eigenvalue weighted by atomic mass is 32.1. The zero-order valence-electron chi connectivity index (χ0n) is 18.3. The van der Waals surface area contributed by atoms with Gasteiger partial charge in [0.25, 0.3) is 0 Å². The lowest BCUT2D eigenvalue weighted by atomic mass is 10.2. The molecule has 5 rings (SSSR count). The highest BCUT2D eigenvalue weighted by molar-refractivity contribution is 7.14. The van der Waals surface area contributed by atoms with Crippen molar-refractivity contribution in [3.05, 3.63) is 77.6 Å². The second-order valence-electron chi connectivity index (χ2n) is 7.56. The van der Waals surface area contributed by atoms with E-state index in [1.807, 2.05) is 60.7 Å². The number of carbonyl (C=O) groups excluding carboxylic acids is 3. The van der Waals surface area contributed by atoms with Gasteiger partial charge in [0.15, 0.2) is 11.0 Å². The fourth-order valence-electron chi connectivity index (χ4n) is 3.48. The minimum atomic E-state index is -0.655. The average molecular weight is 489 g/mol. The lowest BCUT2D eigenvalue weighted by Crippen LogP contribution is -2.42. The van der Waals surface area contributed by atoms with Crippen LogP contribution >= 0.6 is 11.3 Å². The highest BCUT2D eigenvalue weighted by Crippen LogP contribution is 2.22. The van der Waals surface area contributed by atoms with Gasteiger partial charge in [0.05, 0.1) is 17.8 Å². The Kier molecular flexibility index (Phi) is 6.18. The lowest BCUT2D eigenvalue weighted by Gasteiger charge is -2.08. The standard InChI is InChI=1S/C23H20N8O3S/c32-18(13-16-14-35-23(25-16)30-12-11-24-22(30)34)27-28-21(33)19-26-20(15-7-3-1-4-8-15)31(29-19)17-9-5-2-6-10-17/h1-10,14H,11-13H2,(H,24,34)(H,27,32)(H,28,33). The summed E-state index contributed by atoms with van der Waals surface area (Å²) in [7, 11) is 0. The number of benzene rings is 2. The van der Waals surface area contributed by atoms with Crippen LogP contribution in [0.25, 0.3) is 17.1 Å². The number of urea groups is 1. The maximum atomic E-state index is 12.7. The van der Waals surface area contributed by atoms with Crippen molar-refractivity contribution in [3.63, 3.8) is 0 Å². The quantitative estimate of drug-likeness (QED) is 0.355. The molecule has 2 aromatic carbocycles. The summed E-state index contributed by atoms with van der Waals surface area (Å²) in [6.07, 6.45) is -0.0621. The van der Waals surface area contributed by atoms with E-state index in [0.717, 1.165) is 11.3 Å². The summed E-state index contributed by atoms with van der Waals surface area (Å²) in [4.78, 5) is 47.1. The Labute approximate surface area is 203 Å². The number of nitrogens with zero attached hydrogens (tertiary/aromatic N) is 5. The van der Waals surface area contributed by atoms with Crippen molar-refractivity contribution in [3.8, 4) is 17.1 Å². The Morgan fingerprint density at radius 1 is 1.00 bits per heavy atom. The van der Waals surface area contributed by atoms with Gasteiger partial charge in [-0.2, -0.15) is 0 Å². The summed E-state index contributed by atoms with van der Waals surface area (Å²) in [5.74, 6) is -0.719. The zero-order chi connectivity index (χ0) is 24.2. The zero-order valence-corrected chi connectivity index (χ0v) is 19.2. The summed E-state index contributed by atoms with van der Waals surface area (Å²) in [6, 6.07) is 18.5. The maximum Gasteiger partial charge on any atom is 0.323 e. The van der Waals surface area contributed by atoms with Gasteiger partial charge in [0.1, 0.15) is 0 Å². The molecule has 12 heteroatoms. The SMILES string of the molecule is O=C(Cc1csc(N2CCNC2=O)n1)NNC(=O)c1nc(-c2ccccc2)n(-c2ccccc2)n1. The number of nitrogens with one attached hydrogen (secondary N) is 3. The van der Waals surface area contributed by atoms with Gasteiger partial charge in [0.2, 0.25) is 11.7 Å². The summed E-state index contributed by atoms with van der Waals surface area (Å²) < 4.78 is 1.58. The molecular formula is C23H20N8O3S. The Hall–Kier alpha value is -4.58. The van der Waals surface area contributed by atoms with E-state index >= 15 is 0 Å². The van der Waals surface area contributed by atoms with Gasteiger partial charge in [-0.05, 0) is 12.1 Å². The highest BCUT2D eigenvalue weighted by Gasteiger charge is 2.24. The van der Waals surface area contributed by atoms with Crippen molar-refractivity contribution in [1.82, 2.24) is 35.9 Å². The fourth-order valence-corrected chi connectivity index (χ4v) is 4.33. The van der Waals surface area contributed by atoms with Crippen LogP contribution in [0.3, 0.4) is 0 Å². The van der Waals surface area contributed by atoms with Crippen molar-refractivity contribution >= 4 is 34.3 Å². The van der Waals surface area contributed by atoms with Crippen LogP contribution in [0.1, 0.15) is 16.3 Å². The summed E-state index contributed by atoms with van der Waals surface area (Å²) in [5, 5.41) is 9.30. The van der Waals surface area contributed by atoms with Crippen molar-refractivity contribution in [2.45, 2.75) is 6.42 Å². The first-order chi connectivity index (χ1) is 17.1. The van der Waals surface area contributed by atoms with Gasteiger partial charge in [-0.3, -0.25) is 25.3 Å². The maximum absolute atomic E-state index is 12.7. The van der Waals surface area contributed by atoms with Crippen LogP contribution < -0.4 is 21.1 Å². The van der Waals surface area contributed by atoms with E-state index in [4.69, 9.17) is 0 Å². The molecule has 0 atom stereocenters. The first-order valence-corrected chi connectivity index (χ1v) is 11.6. The fraction of sp³-hybridized carbons (Fsp3) is 0.130. The number of carbonyl (C=O) groups is 3. The number of rotatable bonds is 6. The normalized spacial score (nSPS) is 12.9. The third-order valence-corrected chi connectivity index (χ3v) is 6.04. The lowest BCUT2D eigenvalue weighted by molar-refractivity contribution is -0.121.